The van der Waals surface area contributed by atoms with Crippen molar-refractivity contribution in [1.82, 2.24) is 15.5 Å². The number of hydrogen-bond donors (Lipinski definition) is 3. The second kappa shape index (κ2) is 8.71. The van der Waals surface area contributed by atoms with Crippen LogP contribution in [0.3, 0.4) is 0 Å². The van der Waals surface area contributed by atoms with Crippen molar-refractivity contribution in [3.8, 4) is 0 Å². The van der Waals surface area contributed by atoms with Gasteiger partial charge in [-0.1, -0.05) is 0 Å². The van der Waals surface area contributed by atoms with Crippen molar-refractivity contribution in [2.75, 3.05) is 46.4 Å². The molecule has 0 spiro atoms. The van der Waals surface area contributed by atoms with E-state index in [4.69, 9.17) is 4.74 Å². The van der Waals surface area contributed by atoms with Crippen LogP contribution >= 0.6 is 0 Å². The highest BCUT2D eigenvalue weighted by Crippen LogP contribution is 2.08. The minimum Gasteiger partial charge on any atom is -0.391 e. The van der Waals surface area contributed by atoms with Crippen LogP contribution in [0.4, 0.5) is 0 Å². The van der Waals surface area contributed by atoms with Crippen LogP contribution in [0, 0.1) is 0 Å². The second-order valence-corrected chi connectivity index (χ2v) is 4.40. The summed E-state index contributed by atoms with van der Waals surface area (Å²) in [6.07, 6.45) is 0.434. The van der Waals surface area contributed by atoms with E-state index in [1.165, 1.54) is 0 Å². The fourth-order valence-corrected chi connectivity index (χ4v) is 1.86. The third-order valence-electron chi connectivity index (χ3n) is 2.80. The highest BCUT2D eigenvalue weighted by atomic mass is 16.5. The number of carbonyl (C=O) groups is 1. The Morgan fingerprint density at radius 3 is 2.89 bits per heavy atom. The molecule has 7 heteroatoms. The van der Waals surface area contributed by atoms with E-state index < -0.39 is 0 Å². The standard InChI is InChI=1S/C12H24N4O3/c1-3-13-12(16-6-4-10(17)9-16)15-8-11(18)14-5-7-19-2/h10,17H,3-9H2,1-2H3,(H,13,15)(H,14,18)/t10-/m1/s1. The van der Waals surface area contributed by atoms with Crippen molar-refractivity contribution in [3.63, 3.8) is 0 Å². The zero-order valence-corrected chi connectivity index (χ0v) is 11.7. The largest absolute Gasteiger partial charge is 0.391 e. The Hall–Kier alpha value is -1.34. The molecule has 0 aliphatic carbocycles. The summed E-state index contributed by atoms with van der Waals surface area (Å²) in [7, 11) is 1.59. The van der Waals surface area contributed by atoms with Gasteiger partial charge in [-0.25, -0.2) is 4.99 Å². The molecule has 3 N–H and O–H groups in total. The van der Waals surface area contributed by atoms with Crippen LogP contribution in [0.25, 0.3) is 0 Å². The summed E-state index contributed by atoms with van der Waals surface area (Å²) in [4.78, 5) is 17.8. The molecule has 0 unspecified atom stereocenters. The molecule has 1 rings (SSSR count). The molecule has 7 nitrogen and oxygen atoms in total. The molecule has 0 radical (unpaired) electrons. The normalized spacial score (nSPS) is 19.6. The highest BCUT2D eigenvalue weighted by molar-refractivity contribution is 5.85. The molecule has 0 bridgehead atoms. The summed E-state index contributed by atoms with van der Waals surface area (Å²) in [5, 5.41) is 15.4. The third kappa shape index (κ3) is 5.89. The number of rotatable bonds is 6. The predicted molar refractivity (Wildman–Crippen MR) is 73.1 cm³/mol. The Morgan fingerprint density at radius 2 is 2.32 bits per heavy atom. The van der Waals surface area contributed by atoms with Gasteiger partial charge >= 0.3 is 0 Å². The maximum absolute atomic E-state index is 11.5. The van der Waals surface area contributed by atoms with Crippen molar-refractivity contribution in [2.24, 2.45) is 4.99 Å². The lowest BCUT2D eigenvalue weighted by Gasteiger charge is -2.20. The van der Waals surface area contributed by atoms with Gasteiger partial charge in [0.2, 0.25) is 5.91 Å². The number of ether oxygens (including phenoxy) is 1. The smallest absolute Gasteiger partial charge is 0.241 e. The van der Waals surface area contributed by atoms with Gasteiger partial charge in [0.05, 0.1) is 12.7 Å². The van der Waals surface area contributed by atoms with Crippen LogP contribution in [-0.4, -0.2) is 74.4 Å². The number of aliphatic hydroxyl groups is 1. The lowest BCUT2D eigenvalue weighted by molar-refractivity contribution is -0.119. The fraction of sp³-hybridized carbons (Fsp3) is 0.833. The van der Waals surface area contributed by atoms with Gasteiger partial charge in [-0.15, -0.1) is 0 Å². The van der Waals surface area contributed by atoms with Crippen LogP contribution in [0.5, 0.6) is 0 Å². The number of methoxy groups -OCH3 is 1. The number of β-amino-alcohol motifs (C(OH)–C–C–N with tert-alkyl or cyclic N) is 1. The molecular weight excluding hydrogens is 248 g/mol. The van der Waals surface area contributed by atoms with Crippen LogP contribution in [0.1, 0.15) is 13.3 Å². The highest BCUT2D eigenvalue weighted by Gasteiger charge is 2.22. The van der Waals surface area contributed by atoms with Gasteiger partial charge in [-0.3, -0.25) is 4.79 Å². The molecule has 1 atom stereocenters. The van der Waals surface area contributed by atoms with E-state index in [0.717, 1.165) is 19.5 Å². The lowest BCUT2D eigenvalue weighted by Crippen LogP contribution is -2.41. The van der Waals surface area contributed by atoms with Crippen molar-refractivity contribution in [1.29, 1.82) is 0 Å². The van der Waals surface area contributed by atoms with Crippen molar-refractivity contribution in [2.45, 2.75) is 19.4 Å². The number of aliphatic imine (C=N–C) groups is 1. The van der Waals surface area contributed by atoms with Gasteiger partial charge in [0.25, 0.3) is 0 Å². The minimum atomic E-state index is -0.306. The van der Waals surface area contributed by atoms with Crippen molar-refractivity contribution >= 4 is 11.9 Å². The molecule has 1 amide bonds. The van der Waals surface area contributed by atoms with E-state index in [1.54, 1.807) is 7.11 Å². The average Bonchev–Trinajstić information content (AvgIpc) is 2.81. The number of nitrogens with zero attached hydrogens (tertiary/aromatic N) is 2. The Labute approximate surface area is 114 Å². The summed E-state index contributed by atoms with van der Waals surface area (Å²) in [5.74, 6) is 0.549. The van der Waals surface area contributed by atoms with Gasteiger partial charge in [0, 0.05) is 33.3 Å². The molecule has 1 fully saturated rings. The monoisotopic (exact) mass is 272 g/mol. The zero-order chi connectivity index (χ0) is 14.1. The first-order valence-electron chi connectivity index (χ1n) is 6.64. The maximum Gasteiger partial charge on any atom is 0.241 e. The van der Waals surface area contributed by atoms with Gasteiger partial charge in [-0.05, 0) is 13.3 Å². The Balaban J connectivity index is 2.42. The predicted octanol–water partition coefficient (Wildman–Crippen LogP) is -1.22. The molecule has 0 aromatic heterocycles. The first-order valence-corrected chi connectivity index (χ1v) is 6.64. The lowest BCUT2D eigenvalue weighted by atomic mass is 10.3. The molecule has 19 heavy (non-hydrogen) atoms. The number of nitrogens with one attached hydrogen (secondary N) is 2. The number of amides is 1. The van der Waals surface area contributed by atoms with E-state index in [-0.39, 0.29) is 18.6 Å². The SMILES string of the molecule is CCNC(=NCC(=O)NCCOC)N1CC[C@@H](O)C1. The van der Waals surface area contributed by atoms with Gasteiger partial charge in [-0.2, -0.15) is 0 Å². The maximum atomic E-state index is 11.5. The van der Waals surface area contributed by atoms with E-state index >= 15 is 0 Å². The van der Waals surface area contributed by atoms with E-state index in [9.17, 15) is 9.90 Å². The molecule has 0 aromatic carbocycles. The van der Waals surface area contributed by atoms with Crippen LogP contribution in [0.15, 0.2) is 4.99 Å². The molecule has 1 heterocycles. The first-order chi connectivity index (χ1) is 9.17. The van der Waals surface area contributed by atoms with E-state index in [0.29, 0.717) is 25.7 Å². The Kier molecular flexibility index (Phi) is 7.20. The van der Waals surface area contributed by atoms with Gasteiger partial charge in [0.1, 0.15) is 6.54 Å². The fourth-order valence-electron chi connectivity index (χ4n) is 1.86. The Bertz CT molecular complexity index is 309. The number of hydrogen-bond acceptors (Lipinski definition) is 4. The summed E-state index contributed by atoms with van der Waals surface area (Å²) in [5.41, 5.74) is 0. The quantitative estimate of drug-likeness (QED) is 0.321. The minimum absolute atomic E-state index is 0.0820. The number of guanidine groups is 1. The van der Waals surface area contributed by atoms with Crippen molar-refractivity contribution < 1.29 is 14.6 Å². The number of likely N-dealkylation sites (tertiary alicyclic amines) is 1. The van der Waals surface area contributed by atoms with E-state index in [2.05, 4.69) is 15.6 Å². The second-order valence-electron chi connectivity index (χ2n) is 4.40. The first kappa shape index (κ1) is 15.7. The van der Waals surface area contributed by atoms with Gasteiger partial charge in [0.15, 0.2) is 5.96 Å². The molecular formula is C12H24N4O3. The average molecular weight is 272 g/mol. The molecule has 1 saturated heterocycles. The molecule has 1 aliphatic heterocycles. The topological polar surface area (TPSA) is 86.2 Å². The van der Waals surface area contributed by atoms with Crippen molar-refractivity contribution in [3.05, 3.63) is 0 Å². The van der Waals surface area contributed by atoms with Crippen LogP contribution < -0.4 is 10.6 Å². The van der Waals surface area contributed by atoms with E-state index in [1.807, 2.05) is 11.8 Å². The molecule has 110 valence electrons. The molecule has 1 aliphatic rings. The number of carbonyl (C=O) groups excluding carboxylic acids is 1. The Morgan fingerprint density at radius 1 is 1.53 bits per heavy atom. The zero-order valence-electron chi connectivity index (χ0n) is 11.7. The summed E-state index contributed by atoms with van der Waals surface area (Å²) >= 11 is 0. The summed E-state index contributed by atoms with van der Waals surface area (Å²) in [6, 6.07) is 0. The summed E-state index contributed by atoms with van der Waals surface area (Å²) < 4.78 is 4.85. The molecule has 0 saturated carbocycles. The summed E-state index contributed by atoms with van der Waals surface area (Å²) in [6.45, 7) is 5.10. The van der Waals surface area contributed by atoms with Gasteiger partial charge < -0.3 is 25.4 Å². The van der Waals surface area contributed by atoms with Crippen LogP contribution in [-0.2, 0) is 9.53 Å². The van der Waals surface area contributed by atoms with Crippen LogP contribution in [0.2, 0.25) is 0 Å². The molecule has 0 aromatic rings. The number of aliphatic hydroxyl groups excluding tert-OH is 1. The third-order valence-corrected chi connectivity index (χ3v) is 2.80.